The molecule has 3 amide bonds. The SMILES string of the molecule is CCNC(=O)NC(=O)C(C)Sc1nnc(N2CC(C)CC(C)C2)n1Cc1ccco1. The van der Waals surface area contributed by atoms with Gasteiger partial charge in [-0.1, -0.05) is 25.6 Å². The van der Waals surface area contributed by atoms with E-state index in [-0.39, 0.29) is 5.91 Å². The third kappa shape index (κ3) is 5.56. The number of amides is 3. The summed E-state index contributed by atoms with van der Waals surface area (Å²) in [5.74, 6) is 2.33. The van der Waals surface area contributed by atoms with Crippen molar-refractivity contribution >= 4 is 29.6 Å². The molecular weight excluding hydrogens is 404 g/mol. The van der Waals surface area contributed by atoms with Gasteiger partial charge in [-0.25, -0.2) is 4.79 Å². The zero-order chi connectivity index (χ0) is 21.7. The van der Waals surface area contributed by atoms with E-state index in [1.54, 1.807) is 20.1 Å². The van der Waals surface area contributed by atoms with Gasteiger partial charge in [0.05, 0.1) is 18.1 Å². The van der Waals surface area contributed by atoms with E-state index >= 15 is 0 Å². The number of imide groups is 1. The first-order valence-corrected chi connectivity index (χ1v) is 11.2. The van der Waals surface area contributed by atoms with E-state index < -0.39 is 11.3 Å². The Morgan fingerprint density at radius 1 is 1.30 bits per heavy atom. The number of nitrogens with one attached hydrogen (secondary N) is 2. The van der Waals surface area contributed by atoms with Gasteiger partial charge in [-0.15, -0.1) is 10.2 Å². The molecule has 0 aliphatic carbocycles. The van der Waals surface area contributed by atoms with Gasteiger partial charge >= 0.3 is 6.03 Å². The van der Waals surface area contributed by atoms with Crippen LogP contribution in [-0.4, -0.2) is 51.6 Å². The molecule has 3 atom stereocenters. The number of aromatic nitrogens is 3. The van der Waals surface area contributed by atoms with E-state index in [4.69, 9.17) is 4.42 Å². The minimum Gasteiger partial charge on any atom is -0.467 e. The summed E-state index contributed by atoms with van der Waals surface area (Å²) >= 11 is 1.28. The zero-order valence-corrected chi connectivity index (χ0v) is 18.7. The number of furan rings is 1. The molecule has 1 fully saturated rings. The zero-order valence-electron chi connectivity index (χ0n) is 17.9. The number of nitrogens with zero attached hydrogens (tertiary/aromatic N) is 4. The average molecular weight is 435 g/mol. The van der Waals surface area contributed by atoms with Crippen molar-refractivity contribution in [2.24, 2.45) is 11.8 Å². The van der Waals surface area contributed by atoms with Crippen molar-refractivity contribution in [1.29, 1.82) is 0 Å². The summed E-state index contributed by atoms with van der Waals surface area (Å²) in [7, 11) is 0. The fourth-order valence-electron chi connectivity index (χ4n) is 3.76. The van der Waals surface area contributed by atoms with Crippen molar-refractivity contribution in [2.45, 2.75) is 51.1 Å². The highest BCUT2D eigenvalue weighted by Gasteiger charge is 2.28. The lowest BCUT2D eigenvalue weighted by Gasteiger charge is -2.35. The van der Waals surface area contributed by atoms with E-state index in [0.717, 1.165) is 24.8 Å². The first kappa shape index (κ1) is 22.2. The van der Waals surface area contributed by atoms with Crippen LogP contribution >= 0.6 is 11.8 Å². The number of piperidine rings is 1. The summed E-state index contributed by atoms with van der Waals surface area (Å²) in [5, 5.41) is 13.8. The lowest BCUT2D eigenvalue weighted by molar-refractivity contribution is -0.119. The first-order valence-electron chi connectivity index (χ1n) is 10.3. The van der Waals surface area contributed by atoms with Gasteiger partial charge in [0.1, 0.15) is 5.76 Å². The minimum absolute atomic E-state index is 0.375. The number of rotatable bonds is 7. The summed E-state index contributed by atoms with van der Waals surface area (Å²) in [6.07, 6.45) is 2.83. The van der Waals surface area contributed by atoms with Crippen molar-refractivity contribution in [3.8, 4) is 0 Å². The molecule has 0 spiro atoms. The molecule has 2 aromatic rings. The Balaban J connectivity index is 1.80. The standard InChI is InChI=1S/C20H30N6O3S/c1-5-21-18(28)22-17(27)15(4)30-20-24-23-19(25-10-13(2)9-14(3)11-25)26(20)12-16-7-6-8-29-16/h6-8,13-15H,5,9-12H2,1-4H3,(H2,21,22,27,28). The second kappa shape index (κ2) is 10.0. The smallest absolute Gasteiger partial charge is 0.321 e. The normalized spacial score (nSPS) is 20.1. The van der Waals surface area contributed by atoms with Crippen LogP contribution in [0.25, 0.3) is 0 Å². The van der Waals surface area contributed by atoms with Gasteiger partial charge in [0, 0.05) is 19.6 Å². The maximum absolute atomic E-state index is 12.4. The lowest BCUT2D eigenvalue weighted by atomic mass is 9.92. The minimum atomic E-state index is -0.515. The lowest BCUT2D eigenvalue weighted by Crippen LogP contribution is -2.42. The quantitative estimate of drug-likeness (QED) is 0.646. The summed E-state index contributed by atoms with van der Waals surface area (Å²) in [4.78, 5) is 26.3. The van der Waals surface area contributed by atoms with Crippen molar-refractivity contribution in [1.82, 2.24) is 25.4 Å². The summed E-state index contributed by atoms with van der Waals surface area (Å²) in [6.45, 7) is 10.8. The molecule has 2 aromatic heterocycles. The Bertz CT molecular complexity index is 843. The Hall–Kier alpha value is -2.49. The highest BCUT2D eigenvalue weighted by Crippen LogP contribution is 2.30. The van der Waals surface area contributed by atoms with Crippen LogP contribution in [0.2, 0.25) is 0 Å². The Morgan fingerprint density at radius 2 is 2.03 bits per heavy atom. The molecule has 1 saturated heterocycles. The molecule has 0 saturated carbocycles. The maximum atomic E-state index is 12.4. The first-order chi connectivity index (χ1) is 14.4. The molecule has 0 bridgehead atoms. The van der Waals surface area contributed by atoms with Crippen LogP contribution < -0.4 is 15.5 Å². The van der Waals surface area contributed by atoms with Gasteiger partial charge in [0.25, 0.3) is 0 Å². The van der Waals surface area contributed by atoms with Gasteiger partial charge in [0.2, 0.25) is 11.9 Å². The van der Waals surface area contributed by atoms with E-state index in [0.29, 0.717) is 30.1 Å². The van der Waals surface area contributed by atoms with Crippen LogP contribution in [0.5, 0.6) is 0 Å². The average Bonchev–Trinajstić information content (AvgIpc) is 3.32. The molecule has 3 heterocycles. The van der Waals surface area contributed by atoms with Crippen molar-refractivity contribution in [2.75, 3.05) is 24.5 Å². The molecule has 2 N–H and O–H groups in total. The molecule has 1 aliphatic rings. The maximum Gasteiger partial charge on any atom is 0.321 e. The molecule has 10 heteroatoms. The van der Waals surface area contributed by atoms with Crippen LogP contribution in [0.3, 0.4) is 0 Å². The highest BCUT2D eigenvalue weighted by molar-refractivity contribution is 8.00. The van der Waals surface area contributed by atoms with Gasteiger partial charge < -0.3 is 14.6 Å². The number of anilines is 1. The Labute approximate surface area is 181 Å². The van der Waals surface area contributed by atoms with E-state index in [2.05, 4.69) is 39.6 Å². The number of thioether (sulfide) groups is 1. The number of carbonyl (C=O) groups excluding carboxylic acids is 2. The number of hydrogen-bond donors (Lipinski definition) is 2. The van der Waals surface area contributed by atoms with Gasteiger partial charge in [-0.05, 0) is 44.2 Å². The molecule has 9 nitrogen and oxygen atoms in total. The Kier molecular flexibility index (Phi) is 7.41. The monoisotopic (exact) mass is 434 g/mol. The van der Waals surface area contributed by atoms with E-state index in [9.17, 15) is 9.59 Å². The van der Waals surface area contributed by atoms with E-state index in [1.165, 1.54) is 18.2 Å². The third-order valence-electron chi connectivity index (χ3n) is 4.97. The molecule has 0 radical (unpaired) electrons. The van der Waals surface area contributed by atoms with Gasteiger partial charge in [-0.3, -0.25) is 14.7 Å². The molecule has 3 unspecified atom stereocenters. The molecular formula is C20H30N6O3S. The van der Waals surface area contributed by atoms with E-state index in [1.807, 2.05) is 16.7 Å². The summed E-state index contributed by atoms with van der Waals surface area (Å²) in [6, 6.07) is 3.26. The molecule has 30 heavy (non-hydrogen) atoms. The highest BCUT2D eigenvalue weighted by atomic mass is 32.2. The van der Waals surface area contributed by atoms with Gasteiger partial charge in [-0.2, -0.15) is 0 Å². The van der Waals surface area contributed by atoms with Crippen LogP contribution in [0, 0.1) is 11.8 Å². The number of carbonyl (C=O) groups is 2. The fourth-order valence-corrected chi connectivity index (χ4v) is 4.60. The second-order valence-corrected chi connectivity index (χ2v) is 9.22. The summed E-state index contributed by atoms with van der Waals surface area (Å²) < 4.78 is 7.53. The number of hydrogen-bond acceptors (Lipinski definition) is 7. The largest absolute Gasteiger partial charge is 0.467 e. The predicted molar refractivity (Wildman–Crippen MR) is 116 cm³/mol. The molecule has 0 aromatic carbocycles. The van der Waals surface area contributed by atoms with Crippen LogP contribution in [0.4, 0.5) is 10.7 Å². The molecule has 3 rings (SSSR count). The topological polar surface area (TPSA) is 105 Å². The van der Waals surface area contributed by atoms with Gasteiger partial charge in [0.15, 0.2) is 5.16 Å². The number of urea groups is 1. The Morgan fingerprint density at radius 3 is 2.67 bits per heavy atom. The van der Waals surface area contributed by atoms with Crippen LogP contribution in [-0.2, 0) is 11.3 Å². The van der Waals surface area contributed by atoms with Crippen LogP contribution in [0.15, 0.2) is 28.0 Å². The van der Waals surface area contributed by atoms with Crippen molar-refractivity contribution < 1.29 is 14.0 Å². The third-order valence-corrected chi connectivity index (χ3v) is 6.05. The summed E-state index contributed by atoms with van der Waals surface area (Å²) in [5.41, 5.74) is 0. The predicted octanol–water partition coefficient (Wildman–Crippen LogP) is 2.73. The molecule has 1 aliphatic heterocycles. The second-order valence-electron chi connectivity index (χ2n) is 7.91. The van der Waals surface area contributed by atoms with Crippen molar-refractivity contribution in [3.63, 3.8) is 0 Å². The van der Waals surface area contributed by atoms with Crippen molar-refractivity contribution in [3.05, 3.63) is 24.2 Å². The fraction of sp³-hybridized carbons (Fsp3) is 0.600. The van der Waals surface area contributed by atoms with Crippen LogP contribution in [0.1, 0.15) is 39.9 Å². The molecule has 164 valence electrons.